The van der Waals surface area contributed by atoms with Gasteiger partial charge in [-0.2, -0.15) is 0 Å². The monoisotopic (exact) mass is 555 g/mol. The van der Waals surface area contributed by atoms with Crippen LogP contribution in [0.5, 0.6) is 11.5 Å². The lowest BCUT2D eigenvalue weighted by Gasteiger charge is -2.36. The molecule has 0 bridgehead atoms. The second-order valence-corrected chi connectivity index (χ2v) is 9.68. The van der Waals surface area contributed by atoms with E-state index in [0.717, 1.165) is 18.1 Å². The molecular weight excluding hydrogens is 526 g/mol. The molecule has 2 aromatic carbocycles. The fraction of sp³-hybridized carbons (Fsp3) is 0.407. The van der Waals surface area contributed by atoms with Gasteiger partial charge in [0.15, 0.2) is 0 Å². The Labute approximate surface area is 229 Å². The number of benzene rings is 2. The van der Waals surface area contributed by atoms with Crippen LogP contribution < -0.4 is 19.7 Å². The summed E-state index contributed by atoms with van der Waals surface area (Å²) < 4.78 is 15.8. The van der Waals surface area contributed by atoms with Crippen LogP contribution in [-0.4, -0.2) is 60.7 Å². The highest BCUT2D eigenvalue weighted by Crippen LogP contribution is 2.54. The number of nitro groups is 1. The van der Waals surface area contributed by atoms with Crippen LogP contribution in [-0.2, 0) is 19.1 Å². The maximum Gasteiger partial charge on any atom is 0.341 e. The van der Waals surface area contributed by atoms with Crippen LogP contribution in [0.15, 0.2) is 36.4 Å². The van der Waals surface area contributed by atoms with Crippen molar-refractivity contribution in [3.8, 4) is 11.5 Å². The van der Waals surface area contributed by atoms with E-state index in [0.29, 0.717) is 6.42 Å². The number of hydrogen-bond donors (Lipinski definition) is 2. The normalized spacial score (nSPS) is 24.4. The van der Waals surface area contributed by atoms with Gasteiger partial charge in [0.25, 0.3) is 5.69 Å². The van der Waals surface area contributed by atoms with E-state index < -0.39 is 58.0 Å². The van der Waals surface area contributed by atoms with Crippen molar-refractivity contribution < 1.29 is 43.4 Å². The Bertz CT molecular complexity index is 1410. The van der Waals surface area contributed by atoms with Crippen LogP contribution in [0.2, 0.25) is 0 Å². The number of carboxylic acids is 1. The summed E-state index contributed by atoms with van der Waals surface area (Å²) in [7, 11) is 3.87. The molecule has 2 aliphatic rings. The van der Waals surface area contributed by atoms with E-state index in [2.05, 4.69) is 5.32 Å². The maximum atomic E-state index is 14.1. The summed E-state index contributed by atoms with van der Waals surface area (Å²) in [5.74, 6) is -6.79. The Balaban J connectivity index is 2.00. The van der Waals surface area contributed by atoms with Gasteiger partial charge in [0, 0.05) is 24.2 Å². The Morgan fingerprint density at radius 3 is 2.40 bits per heavy atom. The smallest absolute Gasteiger partial charge is 0.341 e. The van der Waals surface area contributed by atoms with Crippen LogP contribution in [0.25, 0.3) is 0 Å². The van der Waals surface area contributed by atoms with Gasteiger partial charge in [-0.05, 0) is 23.6 Å². The first-order valence-corrected chi connectivity index (χ1v) is 12.5. The zero-order valence-electron chi connectivity index (χ0n) is 22.5. The summed E-state index contributed by atoms with van der Waals surface area (Å²) in [6.07, 6.45) is 0.332. The minimum absolute atomic E-state index is 0.0581. The predicted octanol–water partition coefficient (Wildman–Crippen LogP) is 2.72. The number of non-ortho nitro benzene ring substituents is 1. The highest BCUT2D eigenvalue weighted by molar-refractivity contribution is 6.24. The van der Waals surface area contributed by atoms with Crippen LogP contribution in [0.1, 0.15) is 42.2 Å². The number of methoxy groups -OCH3 is 3. The third-order valence-electron chi connectivity index (χ3n) is 7.92. The molecule has 2 aliphatic heterocycles. The van der Waals surface area contributed by atoms with Gasteiger partial charge < -0.3 is 19.3 Å². The molecule has 0 aliphatic carbocycles. The molecule has 4 rings (SSSR count). The summed E-state index contributed by atoms with van der Waals surface area (Å²) >= 11 is 0. The number of imide groups is 1. The fourth-order valence-corrected chi connectivity index (χ4v) is 5.85. The third-order valence-corrected chi connectivity index (χ3v) is 7.92. The number of anilines is 1. The Morgan fingerprint density at radius 1 is 1.15 bits per heavy atom. The lowest BCUT2D eigenvalue weighted by atomic mass is 9.71. The molecule has 13 heteroatoms. The molecule has 40 heavy (non-hydrogen) atoms. The summed E-state index contributed by atoms with van der Waals surface area (Å²) in [5, 5.41) is 25.1. The van der Waals surface area contributed by atoms with E-state index in [9.17, 15) is 34.4 Å². The number of amides is 2. The minimum Gasteiger partial charge on any atom is -0.497 e. The first-order chi connectivity index (χ1) is 19.0. The highest BCUT2D eigenvalue weighted by atomic mass is 16.6. The molecule has 0 aromatic heterocycles. The van der Waals surface area contributed by atoms with Crippen molar-refractivity contribution in [1.82, 2.24) is 5.32 Å². The number of aliphatic carboxylic acids is 1. The van der Waals surface area contributed by atoms with Crippen molar-refractivity contribution in [2.45, 2.75) is 31.8 Å². The Morgan fingerprint density at radius 2 is 1.85 bits per heavy atom. The largest absolute Gasteiger partial charge is 0.497 e. The van der Waals surface area contributed by atoms with Gasteiger partial charge in [0.2, 0.25) is 11.8 Å². The van der Waals surface area contributed by atoms with Gasteiger partial charge in [-0.3, -0.25) is 29.8 Å². The standard InChI is InChI=1S/C27H29N3O10/c1-6-13(2)27(26(34)35)21-20(23(31)29(24(21)32)14-8-7-9-15(10-14)30(36)37)22(28-27)17-11-16(38-3)12-18(39-4)19(17)25(33)40-5/h7-13,20-22,28H,6H2,1-5H3,(H,34,35). The average molecular weight is 556 g/mol. The van der Waals surface area contributed by atoms with Crippen molar-refractivity contribution in [2.75, 3.05) is 26.2 Å². The van der Waals surface area contributed by atoms with Gasteiger partial charge in [-0.1, -0.05) is 26.3 Å². The lowest BCUT2D eigenvalue weighted by Crippen LogP contribution is -2.59. The summed E-state index contributed by atoms with van der Waals surface area (Å²) in [4.78, 5) is 65.6. The zero-order valence-corrected chi connectivity index (χ0v) is 22.5. The van der Waals surface area contributed by atoms with Crippen molar-refractivity contribution in [3.05, 3.63) is 57.6 Å². The number of ether oxygens (including phenoxy) is 3. The van der Waals surface area contributed by atoms with E-state index in [1.807, 2.05) is 0 Å². The van der Waals surface area contributed by atoms with Crippen LogP contribution in [0, 0.1) is 27.9 Å². The van der Waals surface area contributed by atoms with Crippen LogP contribution >= 0.6 is 0 Å². The van der Waals surface area contributed by atoms with E-state index in [1.54, 1.807) is 13.8 Å². The molecule has 13 nitrogen and oxygen atoms in total. The molecule has 2 heterocycles. The number of carboxylic acid groups (broad SMARTS) is 1. The van der Waals surface area contributed by atoms with Crippen molar-refractivity contribution in [2.24, 2.45) is 17.8 Å². The van der Waals surface area contributed by atoms with Gasteiger partial charge >= 0.3 is 11.9 Å². The van der Waals surface area contributed by atoms with Crippen LogP contribution in [0.3, 0.4) is 0 Å². The van der Waals surface area contributed by atoms with E-state index in [4.69, 9.17) is 14.2 Å². The van der Waals surface area contributed by atoms with Gasteiger partial charge in [0.05, 0.1) is 43.8 Å². The number of nitro benzene ring substituents is 1. The van der Waals surface area contributed by atoms with E-state index in [1.165, 1.54) is 44.6 Å². The van der Waals surface area contributed by atoms with Gasteiger partial charge in [-0.25, -0.2) is 9.69 Å². The van der Waals surface area contributed by atoms with Crippen molar-refractivity contribution in [3.63, 3.8) is 0 Å². The first kappa shape index (κ1) is 28.5. The quantitative estimate of drug-likeness (QED) is 0.201. The number of nitrogens with zero attached hydrogens (tertiary/aromatic N) is 2. The molecule has 5 unspecified atom stereocenters. The lowest BCUT2D eigenvalue weighted by molar-refractivity contribution is -0.384. The highest BCUT2D eigenvalue weighted by Gasteiger charge is 2.70. The molecule has 2 amide bonds. The summed E-state index contributed by atoms with van der Waals surface area (Å²) in [5.41, 5.74) is -2.25. The average Bonchev–Trinajstić information content (AvgIpc) is 3.45. The molecule has 2 saturated heterocycles. The SMILES string of the molecule is CCC(C)C1(C(=O)O)NC(c2cc(OC)cc(OC)c2C(=O)OC)C2C(=O)N(c3cccc([N+](=O)[O-])c3)C(=O)C21. The molecular formula is C27H29N3O10. The van der Waals surface area contributed by atoms with Crippen molar-refractivity contribution >= 4 is 35.1 Å². The maximum absolute atomic E-state index is 14.1. The third kappa shape index (κ3) is 4.13. The second kappa shape index (κ2) is 10.6. The number of carbonyl (C=O) groups excluding carboxylic acids is 3. The number of fused-ring (bicyclic) bond motifs is 1. The molecule has 0 spiro atoms. The molecule has 0 saturated carbocycles. The first-order valence-electron chi connectivity index (χ1n) is 12.5. The van der Waals surface area contributed by atoms with Gasteiger partial charge in [0.1, 0.15) is 22.6 Å². The summed E-state index contributed by atoms with van der Waals surface area (Å²) in [6, 6.07) is 6.73. The molecule has 0 radical (unpaired) electrons. The zero-order chi connectivity index (χ0) is 29.5. The van der Waals surface area contributed by atoms with E-state index >= 15 is 0 Å². The summed E-state index contributed by atoms with van der Waals surface area (Å²) in [6.45, 7) is 3.41. The number of carbonyl (C=O) groups is 4. The molecule has 2 N–H and O–H groups in total. The van der Waals surface area contributed by atoms with E-state index in [-0.39, 0.29) is 34.0 Å². The Kier molecular flexibility index (Phi) is 7.52. The fourth-order valence-electron chi connectivity index (χ4n) is 5.85. The molecule has 5 atom stereocenters. The topological polar surface area (TPSA) is 175 Å². The molecule has 2 aromatic rings. The number of esters is 1. The minimum atomic E-state index is -1.92. The molecule has 2 fully saturated rings. The number of rotatable bonds is 9. The second-order valence-electron chi connectivity index (χ2n) is 9.68. The van der Waals surface area contributed by atoms with Crippen molar-refractivity contribution in [1.29, 1.82) is 0 Å². The van der Waals surface area contributed by atoms with Gasteiger partial charge in [-0.15, -0.1) is 0 Å². The van der Waals surface area contributed by atoms with Crippen LogP contribution in [0.4, 0.5) is 11.4 Å². The number of hydrogen-bond acceptors (Lipinski definition) is 10. The molecule has 212 valence electrons. The Hall–Kier alpha value is -4.52. The predicted molar refractivity (Wildman–Crippen MR) is 139 cm³/mol. The number of nitrogens with one attached hydrogen (secondary N) is 1.